The number of nitrogens with one attached hydrogen (secondary N) is 1. The maximum Gasteiger partial charge on any atom is 0.411 e. The summed E-state index contributed by atoms with van der Waals surface area (Å²) in [5.74, 6) is -0.726. The van der Waals surface area contributed by atoms with Crippen LogP contribution in [0.2, 0.25) is 0 Å². The lowest BCUT2D eigenvalue weighted by atomic mass is 10.0. The van der Waals surface area contributed by atoms with E-state index in [2.05, 4.69) is 26.9 Å². The molecule has 2 aromatic carbocycles. The fraction of sp³-hybridized carbons (Fsp3) is 0.435. The van der Waals surface area contributed by atoms with Crippen molar-refractivity contribution in [2.24, 2.45) is 0 Å². The first-order chi connectivity index (χ1) is 15.1. The molecule has 9 heteroatoms. The number of amides is 1. The van der Waals surface area contributed by atoms with E-state index < -0.39 is 18.8 Å². The summed E-state index contributed by atoms with van der Waals surface area (Å²) in [5, 5.41) is 2.89. The molecule has 2 aromatic rings. The first kappa shape index (κ1) is 24.0. The third-order valence-corrected chi connectivity index (χ3v) is 5.40. The Morgan fingerprint density at radius 3 is 2.38 bits per heavy atom. The van der Waals surface area contributed by atoms with Gasteiger partial charge < -0.3 is 19.9 Å². The van der Waals surface area contributed by atoms with Crippen molar-refractivity contribution in [1.29, 1.82) is 0 Å². The molecule has 1 amide bonds. The van der Waals surface area contributed by atoms with E-state index in [1.54, 1.807) is 25.1 Å². The normalized spacial score (nSPS) is 16.1. The predicted molar refractivity (Wildman–Crippen MR) is 114 cm³/mol. The fourth-order valence-electron chi connectivity index (χ4n) is 3.60. The standard InChI is InChI=1S/C23H27F4N3O2/c1-16(20-13-19(24)7-8-21(20)30-11-9-29(2)10-12-30)28-22(31)18-5-3-17(4-6-18)14-32-15-23(25,26)27/h3-8,13,16H,9-12,14-15H2,1-2H3,(H,28,31). The highest BCUT2D eigenvalue weighted by atomic mass is 19.4. The highest BCUT2D eigenvalue weighted by molar-refractivity contribution is 5.94. The van der Waals surface area contributed by atoms with Crippen LogP contribution in [-0.4, -0.2) is 56.8 Å². The molecule has 0 radical (unpaired) electrons. The van der Waals surface area contributed by atoms with Gasteiger partial charge in [0.05, 0.1) is 12.6 Å². The van der Waals surface area contributed by atoms with Crippen molar-refractivity contribution in [1.82, 2.24) is 10.2 Å². The molecular weight excluding hydrogens is 426 g/mol. The van der Waals surface area contributed by atoms with Crippen LogP contribution in [0.15, 0.2) is 42.5 Å². The summed E-state index contributed by atoms with van der Waals surface area (Å²) in [5.41, 5.74) is 2.47. The molecule has 0 bridgehead atoms. The number of ether oxygens (including phenoxy) is 1. The molecule has 1 aliphatic heterocycles. The molecule has 1 atom stereocenters. The van der Waals surface area contributed by atoms with Crippen LogP contribution in [-0.2, 0) is 11.3 Å². The Morgan fingerprint density at radius 2 is 1.75 bits per heavy atom. The summed E-state index contributed by atoms with van der Waals surface area (Å²) in [6, 6.07) is 10.3. The van der Waals surface area contributed by atoms with Crippen molar-refractivity contribution < 1.29 is 27.1 Å². The van der Waals surface area contributed by atoms with Gasteiger partial charge in [0.1, 0.15) is 12.4 Å². The molecule has 1 N–H and O–H groups in total. The first-order valence-corrected chi connectivity index (χ1v) is 10.4. The second kappa shape index (κ2) is 10.3. The summed E-state index contributed by atoms with van der Waals surface area (Å²) < 4.78 is 55.1. The number of carbonyl (C=O) groups excluding carboxylic acids is 1. The molecule has 1 unspecified atom stereocenters. The van der Waals surface area contributed by atoms with Gasteiger partial charge in [-0.05, 0) is 49.9 Å². The van der Waals surface area contributed by atoms with Gasteiger partial charge in [-0.15, -0.1) is 0 Å². The maximum atomic E-state index is 14.0. The number of halogens is 4. The van der Waals surface area contributed by atoms with Crippen molar-refractivity contribution >= 4 is 11.6 Å². The van der Waals surface area contributed by atoms with E-state index in [0.29, 0.717) is 16.7 Å². The van der Waals surface area contributed by atoms with Crippen LogP contribution in [0.1, 0.15) is 34.5 Å². The fourth-order valence-corrected chi connectivity index (χ4v) is 3.60. The average molecular weight is 453 g/mol. The molecule has 1 aliphatic rings. The number of carbonyl (C=O) groups is 1. The minimum Gasteiger partial charge on any atom is -0.369 e. The summed E-state index contributed by atoms with van der Waals surface area (Å²) in [4.78, 5) is 17.1. The zero-order chi connectivity index (χ0) is 23.3. The van der Waals surface area contributed by atoms with Crippen LogP contribution >= 0.6 is 0 Å². The monoisotopic (exact) mass is 453 g/mol. The predicted octanol–water partition coefficient (Wildman–Crippen LogP) is 4.15. The highest BCUT2D eigenvalue weighted by Crippen LogP contribution is 2.28. The van der Waals surface area contributed by atoms with Crippen LogP contribution in [0.3, 0.4) is 0 Å². The summed E-state index contributed by atoms with van der Waals surface area (Å²) in [7, 11) is 2.06. The van der Waals surface area contributed by atoms with E-state index in [1.165, 1.54) is 24.3 Å². The number of rotatable bonds is 7. The van der Waals surface area contributed by atoms with Crippen molar-refractivity contribution in [3.63, 3.8) is 0 Å². The van der Waals surface area contributed by atoms with E-state index in [-0.39, 0.29) is 18.3 Å². The van der Waals surface area contributed by atoms with Gasteiger partial charge in [-0.1, -0.05) is 12.1 Å². The number of anilines is 1. The van der Waals surface area contributed by atoms with Gasteiger partial charge in [0.25, 0.3) is 5.91 Å². The molecule has 1 fully saturated rings. The second-order valence-electron chi connectivity index (χ2n) is 7.99. The number of hydrogen-bond acceptors (Lipinski definition) is 4. The zero-order valence-corrected chi connectivity index (χ0v) is 18.1. The molecule has 0 spiro atoms. The lowest BCUT2D eigenvalue weighted by molar-refractivity contribution is -0.176. The Hall–Kier alpha value is -2.65. The minimum absolute atomic E-state index is 0.199. The van der Waals surface area contributed by atoms with Crippen molar-refractivity contribution in [3.8, 4) is 0 Å². The smallest absolute Gasteiger partial charge is 0.369 e. The number of benzene rings is 2. The Kier molecular flexibility index (Phi) is 7.73. The maximum absolute atomic E-state index is 14.0. The van der Waals surface area contributed by atoms with Crippen LogP contribution < -0.4 is 10.2 Å². The molecule has 1 saturated heterocycles. The van der Waals surface area contributed by atoms with Crippen LogP contribution in [0.25, 0.3) is 0 Å². The molecular formula is C23H27F4N3O2. The molecule has 5 nitrogen and oxygen atoms in total. The Balaban J connectivity index is 1.65. The van der Waals surface area contributed by atoms with Crippen LogP contribution in [0, 0.1) is 5.82 Å². The van der Waals surface area contributed by atoms with Crippen LogP contribution in [0.4, 0.5) is 23.2 Å². The average Bonchev–Trinajstić information content (AvgIpc) is 2.74. The second-order valence-corrected chi connectivity index (χ2v) is 7.99. The Morgan fingerprint density at radius 1 is 1.09 bits per heavy atom. The molecule has 1 heterocycles. The molecule has 0 aliphatic carbocycles. The lowest BCUT2D eigenvalue weighted by Crippen LogP contribution is -2.45. The SMILES string of the molecule is CC(NC(=O)c1ccc(COCC(F)(F)F)cc1)c1cc(F)ccc1N1CCN(C)CC1. The third kappa shape index (κ3) is 6.67. The molecule has 32 heavy (non-hydrogen) atoms. The van der Waals surface area contributed by atoms with Crippen molar-refractivity contribution in [3.05, 3.63) is 65.0 Å². The zero-order valence-electron chi connectivity index (χ0n) is 18.1. The van der Waals surface area contributed by atoms with Gasteiger partial charge >= 0.3 is 6.18 Å². The number of alkyl halides is 3. The Labute approximate surface area is 185 Å². The van der Waals surface area contributed by atoms with E-state index in [9.17, 15) is 22.4 Å². The van der Waals surface area contributed by atoms with E-state index in [1.807, 2.05) is 0 Å². The molecule has 0 aromatic heterocycles. The van der Waals surface area contributed by atoms with Gasteiger partial charge in [-0.25, -0.2) is 4.39 Å². The summed E-state index contributed by atoms with van der Waals surface area (Å²) >= 11 is 0. The van der Waals surface area contributed by atoms with Crippen LogP contribution in [0.5, 0.6) is 0 Å². The first-order valence-electron chi connectivity index (χ1n) is 10.4. The van der Waals surface area contributed by atoms with Gasteiger partial charge in [0.2, 0.25) is 0 Å². The third-order valence-electron chi connectivity index (χ3n) is 5.40. The van der Waals surface area contributed by atoms with E-state index in [4.69, 9.17) is 0 Å². The van der Waals surface area contributed by atoms with Crippen molar-refractivity contribution in [2.45, 2.75) is 25.7 Å². The number of piperazine rings is 1. The Bertz CT molecular complexity index is 910. The van der Waals surface area contributed by atoms with E-state index in [0.717, 1.165) is 31.9 Å². The number of hydrogen-bond donors (Lipinski definition) is 1. The highest BCUT2D eigenvalue weighted by Gasteiger charge is 2.27. The summed E-state index contributed by atoms with van der Waals surface area (Å²) in [6.07, 6.45) is -4.38. The lowest BCUT2D eigenvalue weighted by Gasteiger charge is -2.36. The molecule has 3 rings (SSSR count). The van der Waals surface area contributed by atoms with Gasteiger partial charge in [0.15, 0.2) is 0 Å². The summed E-state index contributed by atoms with van der Waals surface area (Å²) in [6.45, 7) is 3.70. The minimum atomic E-state index is -4.38. The van der Waals surface area contributed by atoms with Gasteiger partial charge in [0, 0.05) is 43.0 Å². The van der Waals surface area contributed by atoms with Gasteiger partial charge in [-0.3, -0.25) is 4.79 Å². The van der Waals surface area contributed by atoms with Crippen molar-refractivity contribution in [2.75, 3.05) is 44.7 Å². The van der Waals surface area contributed by atoms with Gasteiger partial charge in [-0.2, -0.15) is 13.2 Å². The molecule has 0 saturated carbocycles. The molecule has 174 valence electrons. The topological polar surface area (TPSA) is 44.8 Å². The number of likely N-dealkylation sites (N-methyl/N-ethyl adjacent to an activating group) is 1. The number of nitrogens with zero attached hydrogens (tertiary/aromatic N) is 2. The largest absolute Gasteiger partial charge is 0.411 e. The van der Waals surface area contributed by atoms with E-state index >= 15 is 0 Å². The quantitative estimate of drug-likeness (QED) is 0.640.